The Kier molecular flexibility index (Phi) is 5.58. The smallest absolute Gasteiger partial charge is 0.303 e. The molecule has 1 atom stereocenters. The highest BCUT2D eigenvalue weighted by atomic mass is 16.4. The predicted molar refractivity (Wildman–Crippen MR) is 85.8 cm³/mol. The molecule has 1 unspecified atom stereocenters. The third-order valence-corrected chi connectivity index (χ3v) is 4.59. The molecule has 0 aliphatic heterocycles. The van der Waals surface area contributed by atoms with E-state index >= 15 is 0 Å². The number of aliphatic carboxylic acids is 1. The summed E-state index contributed by atoms with van der Waals surface area (Å²) in [6, 6.07) is 8.22. The summed E-state index contributed by atoms with van der Waals surface area (Å²) in [6.45, 7) is 2.65. The van der Waals surface area contributed by atoms with Crippen LogP contribution in [0.5, 0.6) is 0 Å². The van der Waals surface area contributed by atoms with Crippen molar-refractivity contribution in [3.8, 4) is 0 Å². The highest BCUT2D eigenvalue weighted by Crippen LogP contribution is 2.37. The average molecular weight is 303 g/mol. The normalized spacial score (nSPS) is 20.2. The predicted octanol–water partition coefficient (Wildman–Crippen LogP) is 3.04. The van der Waals surface area contributed by atoms with Crippen molar-refractivity contribution in [3.05, 3.63) is 35.4 Å². The Bertz CT molecular complexity index is 541. The second kappa shape index (κ2) is 7.43. The fourth-order valence-corrected chi connectivity index (χ4v) is 3.25. The lowest BCUT2D eigenvalue weighted by Gasteiger charge is -2.34. The molecule has 1 aliphatic rings. The van der Waals surface area contributed by atoms with E-state index in [4.69, 9.17) is 5.11 Å². The van der Waals surface area contributed by atoms with Gasteiger partial charge >= 0.3 is 5.97 Å². The summed E-state index contributed by atoms with van der Waals surface area (Å²) in [5.41, 5.74) is 2.01. The number of amides is 1. The highest BCUT2D eigenvalue weighted by molar-refractivity contribution is 5.88. The standard InChI is InChI=1S/C18H25NO3/c1-18(12-7-9-14-8-4-5-10-15(14)18)17(22)19-13-6-2-3-11-16(20)21/h4-5,8,10H,2-3,6-7,9,11-13H2,1H3,(H,19,22)(H,20,21). The number of carbonyl (C=O) groups excluding carboxylic acids is 1. The lowest BCUT2D eigenvalue weighted by atomic mass is 9.70. The minimum Gasteiger partial charge on any atom is -0.481 e. The van der Waals surface area contributed by atoms with Crippen LogP contribution < -0.4 is 5.32 Å². The van der Waals surface area contributed by atoms with Gasteiger partial charge in [-0.3, -0.25) is 9.59 Å². The molecule has 22 heavy (non-hydrogen) atoms. The molecule has 4 heteroatoms. The number of nitrogens with one attached hydrogen (secondary N) is 1. The van der Waals surface area contributed by atoms with Gasteiger partial charge in [0.05, 0.1) is 5.41 Å². The van der Waals surface area contributed by atoms with Gasteiger partial charge in [0, 0.05) is 13.0 Å². The number of carbonyl (C=O) groups is 2. The molecular weight excluding hydrogens is 278 g/mol. The number of carboxylic acid groups (broad SMARTS) is 1. The molecule has 1 aromatic carbocycles. The van der Waals surface area contributed by atoms with Crippen LogP contribution in [0.25, 0.3) is 0 Å². The summed E-state index contributed by atoms with van der Waals surface area (Å²) in [4.78, 5) is 23.1. The fraction of sp³-hybridized carbons (Fsp3) is 0.556. The van der Waals surface area contributed by atoms with Gasteiger partial charge in [-0.2, -0.15) is 0 Å². The van der Waals surface area contributed by atoms with Crippen LogP contribution in [0.2, 0.25) is 0 Å². The van der Waals surface area contributed by atoms with E-state index in [1.165, 1.54) is 5.56 Å². The Hall–Kier alpha value is -1.84. The molecule has 1 aromatic rings. The van der Waals surface area contributed by atoms with Crippen molar-refractivity contribution < 1.29 is 14.7 Å². The number of rotatable bonds is 7. The van der Waals surface area contributed by atoms with Crippen LogP contribution >= 0.6 is 0 Å². The quantitative estimate of drug-likeness (QED) is 0.761. The van der Waals surface area contributed by atoms with Crippen LogP contribution in [-0.4, -0.2) is 23.5 Å². The summed E-state index contributed by atoms with van der Waals surface area (Å²) in [5.74, 6) is -0.659. The molecule has 0 fully saturated rings. The van der Waals surface area contributed by atoms with Crippen LogP contribution in [0.1, 0.15) is 56.6 Å². The Morgan fingerprint density at radius 1 is 1.23 bits per heavy atom. The van der Waals surface area contributed by atoms with Gasteiger partial charge in [0.25, 0.3) is 0 Å². The molecule has 0 aromatic heterocycles. The third kappa shape index (κ3) is 3.87. The first-order valence-corrected chi connectivity index (χ1v) is 8.12. The minimum absolute atomic E-state index is 0.0953. The molecular formula is C18H25NO3. The Labute approximate surface area is 131 Å². The Morgan fingerprint density at radius 2 is 2.00 bits per heavy atom. The summed E-state index contributed by atoms with van der Waals surface area (Å²) in [5, 5.41) is 11.6. The molecule has 0 saturated heterocycles. The molecule has 2 rings (SSSR count). The Balaban J connectivity index is 1.86. The summed E-state index contributed by atoms with van der Waals surface area (Å²) in [6.07, 6.45) is 5.52. The zero-order valence-corrected chi connectivity index (χ0v) is 13.2. The number of hydrogen-bond donors (Lipinski definition) is 2. The van der Waals surface area contributed by atoms with Crippen LogP contribution in [-0.2, 0) is 21.4 Å². The average Bonchev–Trinajstić information content (AvgIpc) is 2.50. The van der Waals surface area contributed by atoms with Crippen LogP contribution in [0.3, 0.4) is 0 Å². The van der Waals surface area contributed by atoms with Crippen molar-refractivity contribution in [3.63, 3.8) is 0 Å². The van der Waals surface area contributed by atoms with Gasteiger partial charge in [-0.1, -0.05) is 30.7 Å². The number of hydrogen-bond acceptors (Lipinski definition) is 2. The van der Waals surface area contributed by atoms with E-state index in [1.54, 1.807) is 0 Å². The topological polar surface area (TPSA) is 66.4 Å². The van der Waals surface area contributed by atoms with Gasteiger partial charge in [0.2, 0.25) is 5.91 Å². The van der Waals surface area contributed by atoms with Gasteiger partial charge in [-0.15, -0.1) is 0 Å². The maximum atomic E-state index is 12.6. The first-order chi connectivity index (χ1) is 10.5. The lowest BCUT2D eigenvalue weighted by molar-refractivity contribution is -0.137. The van der Waals surface area contributed by atoms with Gasteiger partial charge in [-0.25, -0.2) is 0 Å². The summed E-state index contributed by atoms with van der Waals surface area (Å²) in [7, 11) is 0. The van der Waals surface area contributed by atoms with E-state index < -0.39 is 11.4 Å². The SMILES string of the molecule is CC1(C(=O)NCCCCCC(=O)O)CCCc2ccccc21. The van der Waals surface area contributed by atoms with Crippen LogP contribution in [0, 0.1) is 0 Å². The number of carboxylic acids is 1. The van der Waals surface area contributed by atoms with E-state index in [2.05, 4.69) is 17.4 Å². The van der Waals surface area contributed by atoms with E-state index in [0.717, 1.165) is 37.7 Å². The van der Waals surface area contributed by atoms with E-state index in [-0.39, 0.29) is 12.3 Å². The van der Waals surface area contributed by atoms with Gasteiger partial charge in [0.1, 0.15) is 0 Å². The largest absolute Gasteiger partial charge is 0.481 e. The molecule has 0 radical (unpaired) electrons. The first-order valence-electron chi connectivity index (χ1n) is 8.12. The first kappa shape index (κ1) is 16.5. The molecule has 0 saturated carbocycles. The minimum atomic E-state index is -0.754. The van der Waals surface area contributed by atoms with Gasteiger partial charge in [0.15, 0.2) is 0 Å². The van der Waals surface area contributed by atoms with E-state index in [9.17, 15) is 9.59 Å². The van der Waals surface area contributed by atoms with Crippen LogP contribution in [0.15, 0.2) is 24.3 Å². The van der Waals surface area contributed by atoms with E-state index in [1.807, 2.05) is 19.1 Å². The lowest BCUT2D eigenvalue weighted by Crippen LogP contribution is -2.44. The molecule has 0 bridgehead atoms. The van der Waals surface area contributed by atoms with Crippen molar-refractivity contribution in [2.75, 3.05) is 6.54 Å². The van der Waals surface area contributed by atoms with E-state index in [0.29, 0.717) is 13.0 Å². The van der Waals surface area contributed by atoms with Crippen molar-refractivity contribution in [1.29, 1.82) is 0 Å². The number of benzene rings is 1. The van der Waals surface area contributed by atoms with Crippen molar-refractivity contribution >= 4 is 11.9 Å². The summed E-state index contributed by atoms with van der Waals surface area (Å²) >= 11 is 0. The molecule has 1 aliphatic carbocycles. The van der Waals surface area contributed by atoms with Gasteiger partial charge < -0.3 is 10.4 Å². The molecule has 4 nitrogen and oxygen atoms in total. The number of unbranched alkanes of at least 4 members (excludes halogenated alkanes) is 2. The highest BCUT2D eigenvalue weighted by Gasteiger charge is 2.38. The fourth-order valence-electron chi connectivity index (χ4n) is 3.25. The van der Waals surface area contributed by atoms with Crippen molar-refractivity contribution in [2.24, 2.45) is 0 Å². The van der Waals surface area contributed by atoms with Crippen molar-refractivity contribution in [1.82, 2.24) is 5.32 Å². The van der Waals surface area contributed by atoms with Crippen molar-refractivity contribution in [2.45, 2.75) is 57.3 Å². The molecule has 0 heterocycles. The Morgan fingerprint density at radius 3 is 2.77 bits per heavy atom. The monoisotopic (exact) mass is 303 g/mol. The number of aryl methyl sites for hydroxylation is 1. The number of fused-ring (bicyclic) bond motifs is 1. The molecule has 1 amide bonds. The molecule has 0 spiro atoms. The maximum absolute atomic E-state index is 12.6. The summed E-state index contributed by atoms with van der Waals surface area (Å²) < 4.78 is 0. The zero-order valence-electron chi connectivity index (χ0n) is 13.2. The molecule has 2 N–H and O–H groups in total. The molecule has 120 valence electrons. The zero-order chi connectivity index (χ0) is 16.0. The second-order valence-corrected chi connectivity index (χ2v) is 6.30. The van der Waals surface area contributed by atoms with Gasteiger partial charge in [-0.05, 0) is 50.2 Å². The van der Waals surface area contributed by atoms with Crippen LogP contribution in [0.4, 0.5) is 0 Å². The second-order valence-electron chi connectivity index (χ2n) is 6.30. The maximum Gasteiger partial charge on any atom is 0.303 e. The third-order valence-electron chi connectivity index (χ3n) is 4.59.